The van der Waals surface area contributed by atoms with E-state index in [1.807, 2.05) is 24.3 Å². The highest BCUT2D eigenvalue weighted by molar-refractivity contribution is 6.04. The van der Waals surface area contributed by atoms with E-state index >= 15 is 0 Å². The van der Waals surface area contributed by atoms with Crippen LogP contribution in [0.3, 0.4) is 0 Å². The Morgan fingerprint density at radius 1 is 0.962 bits per heavy atom. The Balaban J connectivity index is 1.46. The van der Waals surface area contributed by atoms with Crippen LogP contribution in [0.15, 0.2) is 48.5 Å². The number of rotatable bonds is 7. The van der Waals surface area contributed by atoms with Crippen molar-refractivity contribution in [1.82, 2.24) is 0 Å². The maximum absolute atomic E-state index is 12.3. The molecule has 1 amide bonds. The molecule has 1 aliphatic rings. The molecular weight excluding hydrogens is 326 g/mol. The van der Waals surface area contributed by atoms with Crippen LogP contribution >= 0.6 is 0 Å². The maximum Gasteiger partial charge on any atom is 0.255 e. The number of amides is 1. The van der Waals surface area contributed by atoms with Gasteiger partial charge < -0.3 is 14.8 Å². The van der Waals surface area contributed by atoms with E-state index in [0.29, 0.717) is 5.56 Å². The summed E-state index contributed by atoms with van der Waals surface area (Å²) >= 11 is 0. The van der Waals surface area contributed by atoms with Crippen molar-refractivity contribution in [2.45, 2.75) is 38.5 Å². The predicted octanol–water partition coefficient (Wildman–Crippen LogP) is 5.30. The number of carbonyl (C=O) groups is 1. The van der Waals surface area contributed by atoms with Gasteiger partial charge in [-0.3, -0.25) is 4.79 Å². The van der Waals surface area contributed by atoms with Crippen molar-refractivity contribution in [3.05, 3.63) is 54.1 Å². The highest BCUT2D eigenvalue weighted by Gasteiger charge is 2.13. The van der Waals surface area contributed by atoms with Crippen LogP contribution in [0.5, 0.6) is 11.5 Å². The molecule has 138 valence electrons. The molecule has 0 saturated heterocycles. The van der Waals surface area contributed by atoms with Crippen molar-refractivity contribution in [2.75, 3.05) is 19.0 Å². The molecule has 2 aromatic rings. The van der Waals surface area contributed by atoms with Crippen LogP contribution < -0.4 is 14.8 Å². The fourth-order valence-corrected chi connectivity index (χ4v) is 3.40. The van der Waals surface area contributed by atoms with Gasteiger partial charge in [-0.1, -0.05) is 32.1 Å². The van der Waals surface area contributed by atoms with Crippen molar-refractivity contribution in [2.24, 2.45) is 5.92 Å². The Morgan fingerprint density at radius 2 is 1.62 bits per heavy atom. The minimum atomic E-state index is -0.140. The van der Waals surface area contributed by atoms with Crippen molar-refractivity contribution in [1.29, 1.82) is 0 Å². The third kappa shape index (κ3) is 5.25. The first-order valence-corrected chi connectivity index (χ1v) is 9.43. The second kappa shape index (κ2) is 9.27. The van der Waals surface area contributed by atoms with Gasteiger partial charge in [0, 0.05) is 11.3 Å². The van der Waals surface area contributed by atoms with Crippen molar-refractivity contribution >= 4 is 11.6 Å². The average molecular weight is 353 g/mol. The highest BCUT2D eigenvalue weighted by Crippen LogP contribution is 2.26. The van der Waals surface area contributed by atoms with Crippen molar-refractivity contribution in [3.8, 4) is 11.5 Å². The summed E-state index contributed by atoms with van der Waals surface area (Å²) in [7, 11) is 1.61. The molecule has 1 aliphatic carbocycles. The molecule has 0 atom stereocenters. The van der Waals surface area contributed by atoms with Crippen molar-refractivity contribution < 1.29 is 14.3 Å². The summed E-state index contributed by atoms with van der Waals surface area (Å²) in [5, 5.41) is 2.90. The zero-order valence-electron chi connectivity index (χ0n) is 15.4. The van der Waals surface area contributed by atoms with Crippen LogP contribution in [-0.2, 0) is 0 Å². The molecular formula is C22H27NO3. The number of hydrogen-bond acceptors (Lipinski definition) is 3. The second-order valence-electron chi connectivity index (χ2n) is 6.85. The molecule has 0 unspecified atom stereocenters. The van der Waals surface area contributed by atoms with Gasteiger partial charge in [-0.25, -0.2) is 0 Å². The molecule has 0 aliphatic heterocycles. The number of nitrogens with one attached hydrogen (secondary N) is 1. The Hall–Kier alpha value is -2.49. The van der Waals surface area contributed by atoms with Gasteiger partial charge in [0.1, 0.15) is 11.5 Å². The summed E-state index contributed by atoms with van der Waals surface area (Å²) < 4.78 is 11.0. The van der Waals surface area contributed by atoms with Gasteiger partial charge >= 0.3 is 0 Å². The van der Waals surface area contributed by atoms with Gasteiger partial charge in [0.05, 0.1) is 13.7 Å². The molecule has 4 heteroatoms. The predicted molar refractivity (Wildman–Crippen MR) is 104 cm³/mol. The number of hydrogen-bond donors (Lipinski definition) is 1. The smallest absolute Gasteiger partial charge is 0.255 e. The number of methoxy groups -OCH3 is 1. The number of anilines is 1. The molecule has 26 heavy (non-hydrogen) atoms. The monoisotopic (exact) mass is 353 g/mol. The van der Waals surface area contributed by atoms with E-state index in [9.17, 15) is 4.79 Å². The first-order valence-electron chi connectivity index (χ1n) is 9.43. The van der Waals surface area contributed by atoms with Gasteiger partial charge in [-0.15, -0.1) is 0 Å². The molecule has 3 rings (SSSR count). The van der Waals surface area contributed by atoms with E-state index in [2.05, 4.69) is 5.32 Å². The average Bonchev–Trinajstić information content (AvgIpc) is 2.70. The summed E-state index contributed by atoms with van der Waals surface area (Å²) in [6.07, 6.45) is 7.96. The van der Waals surface area contributed by atoms with E-state index in [0.717, 1.165) is 36.1 Å². The minimum absolute atomic E-state index is 0.140. The van der Waals surface area contributed by atoms with Crippen LogP contribution in [0, 0.1) is 5.92 Å². The lowest BCUT2D eigenvalue weighted by Gasteiger charge is -2.21. The summed E-state index contributed by atoms with van der Waals surface area (Å²) in [4.78, 5) is 12.3. The lowest BCUT2D eigenvalue weighted by Crippen LogP contribution is -2.12. The molecule has 1 fully saturated rings. The fraction of sp³-hybridized carbons (Fsp3) is 0.409. The summed E-state index contributed by atoms with van der Waals surface area (Å²) in [6.45, 7) is 0.766. The molecule has 1 saturated carbocycles. The van der Waals surface area contributed by atoms with E-state index < -0.39 is 0 Å². The maximum atomic E-state index is 12.3. The molecule has 0 bridgehead atoms. The van der Waals surface area contributed by atoms with E-state index in [1.54, 1.807) is 31.4 Å². The Labute approximate surface area is 155 Å². The SMILES string of the molecule is COc1ccc(C(=O)Nc2ccc(OCCC3CCCCC3)cc2)cc1. The Morgan fingerprint density at radius 3 is 2.27 bits per heavy atom. The molecule has 1 N–H and O–H groups in total. The standard InChI is InChI=1S/C22H27NO3/c1-25-20-11-7-18(8-12-20)22(24)23-19-9-13-21(14-10-19)26-16-15-17-5-3-2-4-6-17/h7-14,17H,2-6,15-16H2,1H3,(H,23,24). The first kappa shape index (κ1) is 18.3. The molecule has 4 nitrogen and oxygen atoms in total. The second-order valence-corrected chi connectivity index (χ2v) is 6.85. The van der Waals surface area contributed by atoms with Crippen LogP contribution in [0.1, 0.15) is 48.9 Å². The largest absolute Gasteiger partial charge is 0.497 e. The highest BCUT2D eigenvalue weighted by atomic mass is 16.5. The zero-order valence-corrected chi connectivity index (χ0v) is 15.4. The van der Waals surface area contributed by atoms with Crippen LogP contribution in [0.25, 0.3) is 0 Å². The topological polar surface area (TPSA) is 47.6 Å². The van der Waals surface area contributed by atoms with Crippen LogP contribution in [0.4, 0.5) is 5.69 Å². The Kier molecular flexibility index (Phi) is 6.53. The first-order chi connectivity index (χ1) is 12.7. The lowest BCUT2D eigenvalue weighted by atomic mass is 9.87. The summed E-state index contributed by atoms with van der Waals surface area (Å²) in [5.74, 6) is 2.27. The third-order valence-electron chi connectivity index (χ3n) is 4.98. The van der Waals surface area contributed by atoms with Crippen LogP contribution in [0.2, 0.25) is 0 Å². The number of carbonyl (C=O) groups excluding carboxylic acids is 1. The molecule has 0 radical (unpaired) electrons. The van der Waals surface area contributed by atoms with Crippen LogP contribution in [-0.4, -0.2) is 19.6 Å². The molecule has 0 spiro atoms. The molecule has 2 aromatic carbocycles. The quantitative estimate of drug-likeness (QED) is 0.735. The van der Waals surface area contributed by atoms with Gasteiger partial charge in [-0.05, 0) is 60.9 Å². The molecule has 0 heterocycles. The fourth-order valence-electron chi connectivity index (χ4n) is 3.40. The van der Waals surface area contributed by atoms with Gasteiger partial charge in [0.25, 0.3) is 5.91 Å². The van der Waals surface area contributed by atoms with E-state index in [4.69, 9.17) is 9.47 Å². The molecule has 0 aromatic heterocycles. The minimum Gasteiger partial charge on any atom is -0.497 e. The summed E-state index contributed by atoms with van der Waals surface area (Å²) in [6, 6.07) is 14.6. The lowest BCUT2D eigenvalue weighted by molar-refractivity contribution is 0.102. The van der Waals surface area contributed by atoms with Crippen molar-refractivity contribution in [3.63, 3.8) is 0 Å². The van der Waals surface area contributed by atoms with Gasteiger partial charge in [-0.2, -0.15) is 0 Å². The zero-order chi connectivity index (χ0) is 18.2. The Bertz CT molecular complexity index is 688. The third-order valence-corrected chi connectivity index (χ3v) is 4.98. The van der Waals surface area contributed by atoms with E-state index in [-0.39, 0.29) is 5.91 Å². The van der Waals surface area contributed by atoms with Gasteiger partial charge in [0.15, 0.2) is 0 Å². The number of benzene rings is 2. The normalized spacial score (nSPS) is 14.7. The van der Waals surface area contributed by atoms with Gasteiger partial charge in [0.2, 0.25) is 0 Å². The number of ether oxygens (including phenoxy) is 2. The van der Waals surface area contributed by atoms with E-state index in [1.165, 1.54) is 32.1 Å². The summed E-state index contributed by atoms with van der Waals surface area (Å²) in [5.41, 5.74) is 1.35.